The van der Waals surface area contributed by atoms with Crippen LogP contribution in [-0.4, -0.2) is 47.8 Å². The molecule has 2 fully saturated rings. The molecule has 168 valence electrons. The van der Waals surface area contributed by atoms with Crippen LogP contribution in [0.1, 0.15) is 37.5 Å². The maximum Gasteiger partial charge on any atom is 0.240 e. The molecule has 2 aliphatic rings. The molecular formula is C24H28N4O4. The lowest BCUT2D eigenvalue weighted by molar-refractivity contribution is -0.119. The summed E-state index contributed by atoms with van der Waals surface area (Å²) in [4.78, 5) is 21.2. The van der Waals surface area contributed by atoms with Crippen molar-refractivity contribution in [3.8, 4) is 28.6 Å². The molecule has 1 saturated heterocycles. The van der Waals surface area contributed by atoms with Gasteiger partial charge < -0.3 is 24.1 Å². The molecule has 2 aromatic heterocycles. The Morgan fingerprint density at radius 1 is 1.12 bits per heavy atom. The number of amides is 1. The third kappa shape index (κ3) is 3.85. The van der Waals surface area contributed by atoms with E-state index >= 15 is 0 Å². The molecule has 0 unspecified atom stereocenters. The number of fused-ring (bicyclic) bond motifs is 1. The molecule has 1 saturated carbocycles. The fourth-order valence-corrected chi connectivity index (χ4v) is 4.42. The number of aryl methyl sites for hydroxylation is 1. The van der Waals surface area contributed by atoms with Crippen molar-refractivity contribution in [1.82, 2.24) is 19.9 Å². The largest absolute Gasteiger partial charge is 0.493 e. The van der Waals surface area contributed by atoms with Crippen molar-refractivity contribution >= 4 is 16.9 Å². The summed E-state index contributed by atoms with van der Waals surface area (Å²) in [5.74, 6) is 3.31. The minimum atomic E-state index is 0.119. The molecule has 8 heteroatoms. The number of carbonyl (C=O) groups is 1. The molecule has 3 aromatic rings. The molecule has 1 aliphatic heterocycles. The van der Waals surface area contributed by atoms with Crippen LogP contribution in [0.3, 0.4) is 0 Å². The van der Waals surface area contributed by atoms with Gasteiger partial charge in [-0.15, -0.1) is 0 Å². The minimum absolute atomic E-state index is 0.119. The molecule has 3 heterocycles. The summed E-state index contributed by atoms with van der Waals surface area (Å²) in [7, 11) is 3.24. The summed E-state index contributed by atoms with van der Waals surface area (Å²) in [6.45, 7) is 3.26. The van der Waals surface area contributed by atoms with Gasteiger partial charge in [-0.25, -0.2) is 9.97 Å². The zero-order valence-corrected chi connectivity index (χ0v) is 18.7. The minimum Gasteiger partial charge on any atom is -0.493 e. The van der Waals surface area contributed by atoms with Gasteiger partial charge in [0.05, 0.1) is 32.0 Å². The number of nitrogens with one attached hydrogen (secondary N) is 1. The SMILES string of the molecule is COc1ccc(-c2cc3nc(C)n(C4CC4)c3c(OCC[C@H]3CNC(=O)C3)n2)cc1OC. The van der Waals surface area contributed by atoms with Gasteiger partial charge in [0.2, 0.25) is 11.8 Å². The van der Waals surface area contributed by atoms with Crippen LogP contribution in [0.2, 0.25) is 0 Å². The Bertz CT molecular complexity index is 1170. The summed E-state index contributed by atoms with van der Waals surface area (Å²) in [6.07, 6.45) is 3.67. The molecule has 1 atom stereocenters. The first kappa shape index (κ1) is 20.6. The second kappa shape index (κ2) is 8.33. The van der Waals surface area contributed by atoms with E-state index in [9.17, 15) is 4.79 Å². The Morgan fingerprint density at radius 3 is 2.62 bits per heavy atom. The molecule has 5 rings (SSSR count). The quantitative estimate of drug-likeness (QED) is 0.580. The number of pyridine rings is 1. The van der Waals surface area contributed by atoms with Gasteiger partial charge >= 0.3 is 0 Å². The number of benzene rings is 1. The fourth-order valence-electron chi connectivity index (χ4n) is 4.42. The summed E-state index contributed by atoms with van der Waals surface area (Å²) >= 11 is 0. The third-order valence-electron chi connectivity index (χ3n) is 6.23. The van der Waals surface area contributed by atoms with Gasteiger partial charge in [-0.3, -0.25) is 4.79 Å². The topological polar surface area (TPSA) is 87.5 Å². The average molecular weight is 437 g/mol. The predicted molar refractivity (Wildman–Crippen MR) is 120 cm³/mol. The number of imidazole rings is 1. The summed E-state index contributed by atoms with van der Waals surface area (Å²) in [5, 5.41) is 2.89. The summed E-state index contributed by atoms with van der Waals surface area (Å²) < 4.78 is 19.3. The highest BCUT2D eigenvalue weighted by Crippen LogP contribution is 2.42. The molecule has 0 spiro atoms. The van der Waals surface area contributed by atoms with E-state index in [0.717, 1.165) is 53.9 Å². The Hall–Kier alpha value is -3.29. The van der Waals surface area contributed by atoms with Gasteiger partial charge in [0, 0.05) is 24.6 Å². The van der Waals surface area contributed by atoms with Crippen molar-refractivity contribution in [3.05, 3.63) is 30.1 Å². The number of ether oxygens (including phenoxy) is 3. The van der Waals surface area contributed by atoms with Crippen molar-refractivity contribution in [2.45, 2.75) is 38.6 Å². The highest BCUT2D eigenvalue weighted by Gasteiger charge is 2.30. The van der Waals surface area contributed by atoms with E-state index in [1.54, 1.807) is 14.2 Å². The number of rotatable bonds is 8. The van der Waals surface area contributed by atoms with Crippen molar-refractivity contribution < 1.29 is 19.0 Å². The molecule has 1 aliphatic carbocycles. The number of hydrogen-bond donors (Lipinski definition) is 1. The van der Waals surface area contributed by atoms with Crippen LogP contribution in [0.5, 0.6) is 17.4 Å². The van der Waals surface area contributed by atoms with Crippen LogP contribution >= 0.6 is 0 Å². The van der Waals surface area contributed by atoms with E-state index in [4.69, 9.17) is 24.2 Å². The molecule has 0 bridgehead atoms. The van der Waals surface area contributed by atoms with Gasteiger partial charge in [0.25, 0.3) is 0 Å². The standard InChI is InChI=1S/C24H28N4O4/c1-14-26-19-12-18(16-4-7-20(30-2)21(11-16)31-3)27-24(23(19)28(14)17-5-6-17)32-9-8-15-10-22(29)25-13-15/h4,7,11-12,15,17H,5-6,8-10,13H2,1-3H3,(H,25,29)/t15-/m1/s1. The number of aromatic nitrogens is 3. The van der Waals surface area contributed by atoms with Crippen molar-refractivity contribution in [2.75, 3.05) is 27.4 Å². The highest BCUT2D eigenvalue weighted by molar-refractivity contribution is 5.85. The Kier molecular flexibility index (Phi) is 5.36. The molecule has 0 radical (unpaired) electrons. The van der Waals surface area contributed by atoms with E-state index in [2.05, 4.69) is 9.88 Å². The van der Waals surface area contributed by atoms with E-state index in [-0.39, 0.29) is 5.91 Å². The lowest BCUT2D eigenvalue weighted by Gasteiger charge is -2.14. The number of methoxy groups -OCH3 is 2. The van der Waals surface area contributed by atoms with Crippen LogP contribution in [0.4, 0.5) is 0 Å². The fraction of sp³-hybridized carbons (Fsp3) is 0.458. The van der Waals surface area contributed by atoms with Gasteiger partial charge in [0.15, 0.2) is 11.5 Å². The Balaban J connectivity index is 1.51. The highest BCUT2D eigenvalue weighted by atomic mass is 16.5. The number of carbonyl (C=O) groups excluding carboxylic acids is 1. The first-order chi connectivity index (χ1) is 15.6. The molecular weight excluding hydrogens is 408 g/mol. The number of hydrogen-bond acceptors (Lipinski definition) is 6. The van der Waals surface area contributed by atoms with E-state index in [0.29, 0.717) is 42.4 Å². The Labute approximate surface area is 186 Å². The molecule has 1 N–H and O–H groups in total. The maximum absolute atomic E-state index is 11.5. The zero-order valence-electron chi connectivity index (χ0n) is 18.7. The van der Waals surface area contributed by atoms with Crippen LogP contribution in [0.15, 0.2) is 24.3 Å². The zero-order chi connectivity index (χ0) is 22.2. The molecule has 32 heavy (non-hydrogen) atoms. The smallest absolute Gasteiger partial charge is 0.240 e. The van der Waals surface area contributed by atoms with Crippen LogP contribution in [-0.2, 0) is 4.79 Å². The Morgan fingerprint density at radius 2 is 1.94 bits per heavy atom. The lowest BCUT2D eigenvalue weighted by Crippen LogP contribution is -2.14. The van der Waals surface area contributed by atoms with Gasteiger partial charge in [-0.1, -0.05) is 0 Å². The second-order valence-electron chi connectivity index (χ2n) is 8.52. The van der Waals surface area contributed by atoms with Crippen LogP contribution in [0.25, 0.3) is 22.3 Å². The van der Waals surface area contributed by atoms with Gasteiger partial charge in [0.1, 0.15) is 11.3 Å². The number of nitrogens with zero attached hydrogens (tertiary/aromatic N) is 3. The van der Waals surface area contributed by atoms with Crippen molar-refractivity contribution in [2.24, 2.45) is 5.92 Å². The molecule has 1 aromatic carbocycles. The van der Waals surface area contributed by atoms with Gasteiger partial charge in [-0.05, 0) is 56.4 Å². The van der Waals surface area contributed by atoms with Crippen LogP contribution in [0, 0.1) is 12.8 Å². The first-order valence-electron chi connectivity index (χ1n) is 11.1. The molecule has 8 nitrogen and oxygen atoms in total. The van der Waals surface area contributed by atoms with E-state index in [1.165, 1.54) is 0 Å². The monoisotopic (exact) mass is 436 g/mol. The van der Waals surface area contributed by atoms with E-state index < -0.39 is 0 Å². The predicted octanol–water partition coefficient (Wildman–Crippen LogP) is 3.66. The first-order valence-corrected chi connectivity index (χ1v) is 11.1. The van der Waals surface area contributed by atoms with Crippen molar-refractivity contribution in [1.29, 1.82) is 0 Å². The average Bonchev–Trinajstić information content (AvgIpc) is 3.46. The lowest BCUT2D eigenvalue weighted by atomic mass is 10.1. The maximum atomic E-state index is 11.5. The van der Waals surface area contributed by atoms with Crippen LogP contribution < -0.4 is 19.5 Å². The summed E-state index contributed by atoms with van der Waals surface area (Å²) in [5.41, 5.74) is 3.50. The normalized spacial score (nSPS) is 18.1. The van der Waals surface area contributed by atoms with E-state index in [1.807, 2.05) is 31.2 Å². The van der Waals surface area contributed by atoms with Gasteiger partial charge in [-0.2, -0.15) is 0 Å². The van der Waals surface area contributed by atoms with Crippen molar-refractivity contribution in [3.63, 3.8) is 0 Å². The second-order valence-corrected chi connectivity index (χ2v) is 8.52. The third-order valence-corrected chi connectivity index (χ3v) is 6.23. The molecule has 1 amide bonds. The summed E-state index contributed by atoms with van der Waals surface area (Å²) in [6, 6.07) is 8.22.